The molecule has 1 aromatic carbocycles. The van der Waals surface area contributed by atoms with E-state index in [9.17, 15) is 4.79 Å². The third kappa shape index (κ3) is 4.27. The van der Waals surface area contributed by atoms with Crippen LogP contribution in [0.3, 0.4) is 0 Å². The maximum atomic E-state index is 11.9. The monoisotopic (exact) mass is 290 g/mol. The van der Waals surface area contributed by atoms with Crippen molar-refractivity contribution in [3.05, 3.63) is 36.2 Å². The number of carbonyl (C=O) groups excluding carboxylic acids is 1. The Bertz CT molecular complexity index is 571. The van der Waals surface area contributed by atoms with Crippen molar-refractivity contribution in [1.29, 1.82) is 0 Å². The molecule has 112 valence electrons. The van der Waals surface area contributed by atoms with Gasteiger partial charge in [0.15, 0.2) is 18.5 Å². The third-order valence-electron chi connectivity index (χ3n) is 2.77. The first kappa shape index (κ1) is 15.0. The second-order valence-corrected chi connectivity index (χ2v) is 4.50. The number of hydrogen-bond donors (Lipinski definition) is 0. The molecule has 0 radical (unpaired) electrons. The van der Waals surface area contributed by atoms with E-state index in [1.807, 2.05) is 25.1 Å². The number of carbonyl (C=O) groups is 1. The number of tetrazole rings is 1. The Balaban J connectivity index is 1.85. The summed E-state index contributed by atoms with van der Waals surface area (Å²) >= 11 is 0. The van der Waals surface area contributed by atoms with Gasteiger partial charge in [0.2, 0.25) is 0 Å². The van der Waals surface area contributed by atoms with Gasteiger partial charge in [-0.1, -0.05) is 25.1 Å². The summed E-state index contributed by atoms with van der Waals surface area (Å²) in [4.78, 5) is 11.9. The van der Waals surface area contributed by atoms with Crippen LogP contribution in [0.5, 0.6) is 5.75 Å². The molecule has 0 saturated heterocycles. The topological polar surface area (TPSA) is 79.1 Å². The average molecular weight is 290 g/mol. The van der Waals surface area contributed by atoms with Crippen molar-refractivity contribution in [3.63, 3.8) is 0 Å². The summed E-state index contributed by atoms with van der Waals surface area (Å²) in [6, 6.07) is 9.12. The molecule has 1 aromatic heterocycles. The van der Waals surface area contributed by atoms with Crippen LogP contribution in [0.15, 0.2) is 30.3 Å². The summed E-state index contributed by atoms with van der Waals surface area (Å²) in [5.74, 6) is 0.694. The van der Waals surface area contributed by atoms with E-state index in [2.05, 4.69) is 15.5 Å². The predicted octanol–water partition coefficient (Wildman–Crippen LogP) is 1.59. The Hall–Kier alpha value is -2.44. The van der Waals surface area contributed by atoms with Crippen molar-refractivity contribution in [3.8, 4) is 5.75 Å². The lowest BCUT2D eigenvalue weighted by Crippen LogP contribution is -2.26. The number of para-hydroxylation sites is 1. The van der Waals surface area contributed by atoms with Gasteiger partial charge in [0.1, 0.15) is 5.75 Å². The number of aromatic nitrogens is 4. The van der Waals surface area contributed by atoms with Gasteiger partial charge in [0.05, 0.1) is 0 Å². The number of esters is 1. The van der Waals surface area contributed by atoms with E-state index in [0.717, 1.165) is 6.42 Å². The molecular formula is C14H18N4O3. The van der Waals surface area contributed by atoms with Gasteiger partial charge >= 0.3 is 5.97 Å². The molecule has 0 aliphatic heterocycles. The van der Waals surface area contributed by atoms with Crippen molar-refractivity contribution < 1.29 is 14.3 Å². The summed E-state index contributed by atoms with van der Waals surface area (Å²) in [6.45, 7) is 4.39. The number of rotatable bonds is 7. The zero-order chi connectivity index (χ0) is 15.1. The molecule has 2 rings (SSSR count). The summed E-state index contributed by atoms with van der Waals surface area (Å²) in [6.07, 6.45) is 0.211. The van der Waals surface area contributed by atoms with Crippen LogP contribution in [0.1, 0.15) is 26.1 Å². The zero-order valence-corrected chi connectivity index (χ0v) is 12.1. The first-order chi connectivity index (χ1) is 10.2. The van der Waals surface area contributed by atoms with Gasteiger partial charge in [-0.3, -0.25) is 0 Å². The van der Waals surface area contributed by atoms with Crippen molar-refractivity contribution >= 4 is 5.97 Å². The minimum absolute atomic E-state index is 0.0360. The first-order valence-corrected chi connectivity index (χ1v) is 6.84. The molecule has 0 aliphatic carbocycles. The van der Waals surface area contributed by atoms with E-state index in [4.69, 9.17) is 9.47 Å². The fraction of sp³-hybridized carbons (Fsp3) is 0.429. The number of benzene rings is 1. The number of hydrogen-bond acceptors (Lipinski definition) is 6. The van der Waals surface area contributed by atoms with Crippen LogP contribution in [0, 0.1) is 0 Å². The predicted molar refractivity (Wildman–Crippen MR) is 74.4 cm³/mol. The van der Waals surface area contributed by atoms with Crippen LogP contribution in [0.4, 0.5) is 0 Å². The van der Waals surface area contributed by atoms with Crippen LogP contribution in [-0.4, -0.2) is 32.3 Å². The van der Waals surface area contributed by atoms with E-state index < -0.39 is 12.1 Å². The molecular weight excluding hydrogens is 272 g/mol. The second kappa shape index (κ2) is 7.37. The van der Waals surface area contributed by atoms with E-state index >= 15 is 0 Å². The van der Waals surface area contributed by atoms with Crippen molar-refractivity contribution in [2.24, 2.45) is 0 Å². The molecule has 0 aliphatic rings. The fourth-order valence-corrected chi connectivity index (χ4v) is 1.72. The Kier molecular flexibility index (Phi) is 5.25. The first-order valence-electron chi connectivity index (χ1n) is 6.84. The molecule has 1 unspecified atom stereocenters. The molecule has 21 heavy (non-hydrogen) atoms. The van der Waals surface area contributed by atoms with E-state index in [0.29, 0.717) is 18.1 Å². The van der Waals surface area contributed by atoms with Gasteiger partial charge < -0.3 is 9.47 Å². The molecule has 0 saturated carbocycles. The van der Waals surface area contributed by atoms with E-state index in [1.165, 1.54) is 0 Å². The summed E-state index contributed by atoms with van der Waals surface area (Å²) in [5.41, 5.74) is 0. The zero-order valence-electron chi connectivity index (χ0n) is 12.1. The van der Waals surface area contributed by atoms with Gasteiger partial charge in [-0.25, -0.2) is 9.48 Å². The highest BCUT2D eigenvalue weighted by atomic mass is 16.6. The smallest absolute Gasteiger partial charge is 0.347 e. The highest BCUT2D eigenvalue weighted by Gasteiger charge is 2.17. The molecule has 7 nitrogen and oxygen atoms in total. The van der Waals surface area contributed by atoms with Crippen LogP contribution in [-0.2, 0) is 22.7 Å². The highest BCUT2D eigenvalue weighted by Crippen LogP contribution is 2.11. The largest absolute Gasteiger partial charge is 0.479 e. The molecule has 1 atom stereocenters. The maximum Gasteiger partial charge on any atom is 0.347 e. The standard InChI is InChI=1S/C14H18N4O3/c1-3-9-18-13(15-16-17-18)10-20-14(19)11(2)21-12-7-5-4-6-8-12/h4-8,11H,3,9-10H2,1-2H3. The number of aryl methyl sites for hydroxylation is 1. The lowest BCUT2D eigenvalue weighted by Gasteiger charge is -2.13. The van der Waals surface area contributed by atoms with Gasteiger partial charge in [-0.2, -0.15) is 0 Å². The van der Waals surface area contributed by atoms with Crippen LogP contribution in [0.25, 0.3) is 0 Å². The highest BCUT2D eigenvalue weighted by molar-refractivity contribution is 5.74. The Morgan fingerprint density at radius 3 is 2.81 bits per heavy atom. The average Bonchev–Trinajstić information content (AvgIpc) is 2.93. The van der Waals surface area contributed by atoms with Gasteiger partial charge in [-0.05, 0) is 35.9 Å². The third-order valence-corrected chi connectivity index (χ3v) is 2.77. The van der Waals surface area contributed by atoms with Gasteiger partial charge in [-0.15, -0.1) is 5.10 Å². The molecule has 0 N–H and O–H groups in total. The van der Waals surface area contributed by atoms with Crippen molar-refractivity contribution in [2.75, 3.05) is 0 Å². The Morgan fingerprint density at radius 2 is 2.10 bits per heavy atom. The SMILES string of the molecule is CCCn1nnnc1COC(=O)C(C)Oc1ccccc1. The molecule has 0 bridgehead atoms. The summed E-state index contributed by atoms with van der Waals surface area (Å²) in [5, 5.41) is 11.2. The molecule has 2 aromatic rings. The van der Waals surface area contributed by atoms with Crippen LogP contribution < -0.4 is 4.74 Å². The minimum Gasteiger partial charge on any atom is -0.479 e. The quantitative estimate of drug-likeness (QED) is 0.721. The second-order valence-electron chi connectivity index (χ2n) is 4.50. The van der Waals surface area contributed by atoms with Gasteiger partial charge in [0.25, 0.3) is 0 Å². The minimum atomic E-state index is -0.692. The summed E-state index contributed by atoms with van der Waals surface area (Å²) < 4.78 is 12.3. The van der Waals surface area contributed by atoms with E-state index in [1.54, 1.807) is 23.7 Å². The molecule has 7 heteroatoms. The maximum absolute atomic E-state index is 11.9. The van der Waals surface area contributed by atoms with Crippen LogP contribution in [0.2, 0.25) is 0 Å². The molecule has 0 amide bonds. The summed E-state index contributed by atoms with van der Waals surface area (Å²) in [7, 11) is 0. The van der Waals surface area contributed by atoms with Gasteiger partial charge in [0, 0.05) is 6.54 Å². The van der Waals surface area contributed by atoms with Crippen molar-refractivity contribution in [2.45, 2.75) is 39.5 Å². The molecule has 1 heterocycles. The van der Waals surface area contributed by atoms with Crippen LogP contribution >= 0.6 is 0 Å². The number of ether oxygens (including phenoxy) is 2. The number of nitrogens with zero attached hydrogens (tertiary/aromatic N) is 4. The lowest BCUT2D eigenvalue weighted by molar-refractivity contribution is -0.152. The Morgan fingerprint density at radius 1 is 1.33 bits per heavy atom. The van der Waals surface area contributed by atoms with Crippen molar-refractivity contribution in [1.82, 2.24) is 20.2 Å². The molecule has 0 spiro atoms. The molecule has 0 fully saturated rings. The Labute approximate surface area is 122 Å². The normalized spacial score (nSPS) is 11.9. The van der Waals surface area contributed by atoms with E-state index in [-0.39, 0.29) is 6.61 Å². The lowest BCUT2D eigenvalue weighted by atomic mass is 10.3. The fourth-order valence-electron chi connectivity index (χ4n) is 1.72.